The van der Waals surface area contributed by atoms with Gasteiger partial charge in [-0.25, -0.2) is 4.90 Å². The van der Waals surface area contributed by atoms with Crippen LogP contribution in [0.3, 0.4) is 0 Å². The highest BCUT2D eigenvalue weighted by Gasteiger charge is 2.40. The molecule has 0 aromatic heterocycles. The maximum atomic E-state index is 12.8. The summed E-state index contributed by atoms with van der Waals surface area (Å²) >= 11 is 6.08. The maximum Gasteiger partial charge on any atom is 0.301 e. The zero-order valence-electron chi connectivity index (χ0n) is 14.0. The quantitative estimate of drug-likeness (QED) is 0.810. The van der Waals surface area contributed by atoms with Gasteiger partial charge < -0.3 is 10.4 Å². The Bertz CT molecular complexity index is 964. The Morgan fingerprint density at radius 3 is 2.31 bits per heavy atom. The molecule has 1 heterocycles. The summed E-state index contributed by atoms with van der Waals surface area (Å²) in [7, 11) is 0. The van der Waals surface area contributed by atoms with Crippen LogP contribution in [0, 0.1) is 6.92 Å². The lowest BCUT2D eigenvalue weighted by molar-refractivity contribution is -0.121. The van der Waals surface area contributed by atoms with Crippen LogP contribution in [0.25, 0.3) is 5.57 Å². The molecule has 0 bridgehead atoms. The van der Waals surface area contributed by atoms with Crippen LogP contribution in [0.2, 0.25) is 5.02 Å². The molecule has 1 aliphatic heterocycles. The molecule has 2 N–H and O–H groups in total. The number of carbonyl (C=O) groups excluding carboxylic acids is 3. The second-order valence-electron chi connectivity index (χ2n) is 5.86. The van der Waals surface area contributed by atoms with Crippen molar-refractivity contribution in [1.29, 1.82) is 0 Å². The molecule has 0 unspecified atom stereocenters. The van der Waals surface area contributed by atoms with Gasteiger partial charge in [0.1, 0.15) is 0 Å². The highest BCUT2D eigenvalue weighted by molar-refractivity contribution is 6.45. The summed E-state index contributed by atoms with van der Waals surface area (Å²) in [6, 6.07) is 11.0. The van der Waals surface area contributed by atoms with Crippen molar-refractivity contribution in [2.75, 3.05) is 10.2 Å². The predicted octanol–water partition coefficient (Wildman–Crippen LogP) is 3.45. The molecule has 0 saturated heterocycles. The van der Waals surface area contributed by atoms with E-state index in [1.54, 1.807) is 43.3 Å². The fourth-order valence-electron chi connectivity index (χ4n) is 2.66. The van der Waals surface area contributed by atoms with Crippen molar-refractivity contribution in [1.82, 2.24) is 0 Å². The van der Waals surface area contributed by atoms with Gasteiger partial charge in [-0.15, -0.1) is 0 Å². The lowest BCUT2D eigenvalue weighted by Gasteiger charge is -2.15. The van der Waals surface area contributed by atoms with Crippen LogP contribution in [0.4, 0.5) is 11.4 Å². The SMILES string of the molecule is CC(=O)Nc1ccc(C2=C(O)C(=O)N(c3ccc(C)c(Cl)c3)C2=O)cc1. The molecule has 3 rings (SSSR count). The fraction of sp³-hybridized carbons (Fsp3) is 0.105. The van der Waals surface area contributed by atoms with Crippen LogP contribution in [-0.2, 0) is 14.4 Å². The average Bonchev–Trinajstić information content (AvgIpc) is 2.80. The van der Waals surface area contributed by atoms with Gasteiger partial charge in [-0.1, -0.05) is 29.8 Å². The molecule has 0 aliphatic carbocycles. The zero-order chi connectivity index (χ0) is 19.0. The normalized spacial score (nSPS) is 14.2. The summed E-state index contributed by atoms with van der Waals surface area (Å²) in [4.78, 5) is 37.1. The van der Waals surface area contributed by atoms with E-state index in [1.165, 1.54) is 13.0 Å². The molecule has 6 nitrogen and oxygen atoms in total. The highest BCUT2D eigenvalue weighted by Crippen LogP contribution is 2.33. The molecule has 2 aromatic carbocycles. The fourth-order valence-corrected chi connectivity index (χ4v) is 2.83. The molecule has 7 heteroatoms. The van der Waals surface area contributed by atoms with Crippen LogP contribution >= 0.6 is 11.6 Å². The first-order chi connectivity index (χ1) is 12.3. The minimum absolute atomic E-state index is 0.0962. The van der Waals surface area contributed by atoms with Gasteiger partial charge >= 0.3 is 5.91 Å². The molecule has 0 saturated carbocycles. The summed E-state index contributed by atoms with van der Waals surface area (Å²) in [6.45, 7) is 3.18. The summed E-state index contributed by atoms with van der Waals surface area (Å²) in [6.07, 6.45) is 0. The van der Waals surface area contributed by atoms with Crippen LogP contribution < -0.4 is 10.2 Å². The molecule has 0 atom stereocenters. The predicted molar refractivity (Wildman–Crippen MR) is 99.0 cm³/mol. The number of nitrogens with zero attached hydrogens (tertiary/aromatic N) is 1. The third-order valence-corrected chi connectivity index (χ3v) is 4.37. The van der Waals surface area contributed by atoms with E-state index in [9.17, 15) is 19.5 Å². The van der Waals surface area contributed by atoms with Gasteiger partial charge in [0.15, 0.2) is 5.76 Å². The largest absolute Gasteiger partial charge is 0.502 e. The molecule has 0 radical (unpaired) electrons. The average molecular weight is 371 g/mol. The first-order valence-electron chi connectivity index (χ1n) is 7.76. The molecule has 0 spiro atoms. The van der Waals surface area contributed by atoms with Crippen LogP contribution in [0.1, 0.15) is 18.1 Å². The number of amides is 3. The van der Waals surface area contributed by atoms with Crippen molar-refractivity contribution in [3.05, 3.63) is 64.4 Å². The first-order valence-corrected chi connectivity index (χ1v) is 8.13. The van der Waals surface area contributed by atoms with Gasteiger partial charge in [-0.2, -0.15) is 0 Å². The number of hydrogen-bond acceptors (Lipinski definition) is 4. The smallest absolute Gasteiger partial charge is 0.301 e. The summed E-state index contributed by atoms with van der Waals surface area (Å²) in [5.74, 6) is -2.30. The minimum Gasteiger partial charge on any atom is -0.502 e. The number of rotatable bonds is 3. The number of nitrogens with one attached hydrogen (secondary N) is 1. The molecule has 26 heavy (non-hydrogen) atoms. The Labute approximate surface area is 154 Å². The van der Waals surface area contributed by atoms with Gasteiger partial charge in [0, 0.05) is 17.6 Å². The summed E-state index contributed by atoms with van der Waals surface area (Å²) in [5, 5.41) is 13.2. The molecule has 132 valence electrons. The highest BCUT2D eigenvalue weighted by atomic mass is 35.5. The van der Waals surface area contributed by atoms with Gasteiger partial charge in [0.25, 0.3) is 5.91 Å². The molecule has 0 fully saturated rings. The molecule has 1 aliphatic rings. The van der Waals surface area contributed by atoms with Crippen LogP contribution in [0.15, 0.2) is 48.2 Å². The summed E-state index contributed by atoms with van der Waals surface area (Å²) in [5.41, 5.74) is 1.91. The van der Waals surface area contributed by atoms with Gasteiger partial charge in [-0.05, 0) is 42.3 Å². The van der Waals surface area contributed by atoms with E-state index in [0.29, 0.717) is 16.3 Å². The van der Waals surface area contributed by atoms with E-state index in [1.807, 2.05) is 0 Å². The van der Waals surface area contributed by atoms with E-state index in [4.69, 9.17) is 11.6 Å². The van der Waals surface area contributed by atoms with Crippen molar-refractivity contribution >= 4 is 46.3 Å². The zero-order valence-corrected chi connectivity index (χ0v) is 14.8. The second-order valence-corrected chi connectivity index (χ2v) is 6.27. The number of aliphatic hydroxyl groups is 1. The standard InChI is InChI=1S/C19H15ClN2O4/c1-10-3-8-14(9-15(10)20)22-18(25)16(17(24)19(22)26)12-4-6-13(7-5-12)21-11(2)23/h3-9,24H,1-2H3,(H,21,23). The number of hydrogen-bond donors (Lipinski definition) is 2. The number of carbonyl (C=O) groups is 3. The first kappa shape index (κ1) is 17.7. The van der Waals surface area contributed by atoms with E-state index in [-0.39, 0.29) is 17.2 Å². The van der Waals surface area contributed by atoms with Crippen molar-refractivity contribution in [3.63, 3.8) is 0 Å². The number of anilines is 2. The molecule has 2 aromatic rings. The van der Waals surface area contributed by atoms with E-state index in [0.717, 1.165) is 10.5 Å². The Morgan fingerprint density at radius 2 is 1.73 bits per heavy atom. The Balaban J connectivity index is 1.96. The Kier molecular flexibility index (Phi) is 4.52. The number of benzene rings is 2. The topological polar surface area (TPSA) is 86.7 Å². The molecular weight excluding hydrogens is 356 g/mol. The maximum absolute atomic E-state index is 12.8. The minimum atomic E-state index is -0.809. The molecular formula is C19H15ClN2O4. The Morgan fingerprint density at radius 1 is 1.08 bits per heavy atom. The van der Waals surface area contributed by atoms with Crippen molar-refractivity contribution in [2.45, 2.75) is 13.8 Å². The second kappa shape index (κ2) is 6.65. The number of imide groups is 1. The van der Waals surface area contributed by atoms with Gasteiger partial charge in [0.05, 0.1) is 11.3 Å². The van der Waals surface area contributed by atoms with E-state index < -0.39 is 17.6 Å². The van der Waals surface area contributed by atoms with Crippen molar-refractivity contribution in [2.24, 2.45) is 0 Å². The van der Waals surface area contributed by atoms with Crippen LogP contribution in [-0.4, -0.2) is 22.8 Å². The summed E-state index contributed by atoms with van der Waals surface area (Å²) < 4.78 is 0. The van der Waals surface area contributed by atoms with Gasteiger partial charge in [0.2, 0.25) is 5.91 Å². The van der Waals surface area contributed by atoms with Crippen LogP contribution in [0.5, 0.6) is 0 Å². The van der Waals surface area contributed by atoms with Gasteiger partial charge in [-0.3, -0.25) is 14.4 Å². The monoisotopic (exact) mass is 370 g/mol. The number of aliphatic hydroxyl groups excluding tert-OH is 1. The third-order valence-electron chi connectivity index (χ3n) is 3.97. The lowest BCUT2D eigenvalue weighted by Crippen LogP contribution is -2.31. The van der Waals surface area contributed by atoms with E-state index in [2.05, 4.69) is 5.32 Å². The molecule has 3 amide bonds. The van der Waals surface area contributed by atoms with Crippen molar-refractivity contribution < 1.29 is 19.5 Å². The number of aryl methyl sites for hydroxylation is 1. The van der Waals surface area contributed by atoms with E-state index >= 15 is 0 Å². The third kappa shape index (κ3) is 3.07. The van der Waals surface area contributed by atoms with Crippen molar-refractivity contribution in [3.8, 4) is 0 Å². The lowest BCUT2D eigenvalue weighted by atomic mass is 10.0. The number of halogens is 1. The Hall–Kier alpha value is -3.12.